The summed E-state index contributed by atoms with van der Waals surface area (Å²) < 4.78 is 49.8. The number of alkyl halides is 3. The Kier molecular flexibility index (Phi) is 7.07. The number of methoxy groups -OCH3 is 1. The van der Waals surface area contributed by atoms with E-state index in [1.54, 1.807) is 25.1 Å². The maximum Gasteiger partial charge on any atom is 0.406 e. The van der Waals surface area contributed by atoms with E-state index in [-0.39, 0.29) is 24.9 Å². The van der Waals surface area contributed by atoms with Crippen molar-refractivity contribution in [2.45, 2.75) is 32.5 Å². The molecule has 0 aliphatic carbocycles. The number of hydrogen-bond donors (Lipinski definition) is 0. The van der Waals surface area contributed by atoms with E-state index in [0.29, 0.717) is 38.3 Å². The van der Waals surface area contributed by atoms with Gasteiger partial charge in [0.05, 0.1) is 18.7 Å². The van der Waals surface area contributed by atoms with Crippen molar-refractivity contribution in [1.82, 2.24) is 4.90 Å². The van der Waals surface area contributed by atoms with Gasteiger partial charge >= 0.3 is 11.8 Å². The molecule has 2 aromatic carbocycles. The maximum absolute atomic E-state index is 13.1. The van der Waals surface area contributed by atoms with E-state index in [9.17, 15) is 22.8 Å². The topological polar surface area (TPSA) is 83.5 Å². The molecule has 1 amide bonds. The van der Waals surface area contributed by atoms with E-state index in [1.165, 1.54) is 31.4 Å². The summed E-state index contributed by atoms with van der Waals surface area (Å²) in [6, 6.07) is 12.9. The summed E-state index contributed by atoms with van der Waals surface area (Å²) in [5, 5.41) is 9.52. The summed E-state index contributed by atoms with van der Waals surface area (Å²) >= 11 is 0. The van der Waals surface area contributed by atoms with Crippen molar-refractivity contribution in [2.24, 2.45) is 0 Å². The van der Waals surface area contributed by atoms with Gasteiger partial charge in [0.2, 0.25) is 5.91 Å². The molecule has 1 aromatic heterocycles. The lowest BCUT2D eigenvalue weighted by atomic mass is 10.0. The average Bonchev–Trinajstić information content (AvgIpc) is 2.77. The molecule has 0 unspecified atom stereocenters. The molecule has 3 rings (SSSR count). The molecule has 0 saturated carbocycles. The van der Waals surface area contributed by atoms with Crippen LogP contribution in [0.5, 0.6) is 5.75 Å². The zero-order valence-corrected chi connectivity index (χ0v) is 18.0. The highest BCUT2D eigenvalue weighted by Crippen LogP contribution is 2.25. The molecule has 6 nitrogen and oxygen atoms in total. The molecule has 33 heavy (non-hydrogen) atoms. The Morgan fingerprint density at radius 1 is 1.18 bits per heavy atom. The Morgan fingerprint density at radius 2 is 1.88 bits per heavy atom. The second-order valence-corrected chi connectivity index (χ2v) is 7.53. The first kappa shape index (κ1) is 23.9. The van der Waals surface area contributed by atoms with E-state index in [0.717, 1.165) is 0 Å². The maximum atomic E-state index is 13.1. The fourth-order valence-corrected chi connectivity index (χ4v) is 3.53. The SMILES string of the molecule is COc1ccc2c(C)c(CCC(=O)N(Cc3ccc(C#N)cc3)CC(F)(F)F)c(=O)oc2c1. The van der Waals surface area contributed by atoms with Gasteiger partial charge in [-0.3, -0.25) is 4.79 Å². The third-order valence-corrected chi connectivity index (χ3v) is 5.26. The van der Waals surface area contributed by atoms with Gasteiger partial charge in [-0.25, -0.2) is 4.79 Å². The first-order valence-electron chi connectivity index (χ1n) is 10.0. The van der Waals surface area contributed by atoms with Crippen LogP contribution in [-0.2, 0) is 17.8 Å². The van der Waals surface area contributed by atoms with Crippen LogP contribution in [0.4, 0.5) is 13.2 Å². The van der Waals surface area contributed by atoms with Crippen molar-refractivity contribution in [3.05, 3.63) is 75.1 Å². The van der Waals surface area contributed by atoms with Gasteiger partial charge in [0.1, 0.15) is 17.9 Å². The predicted octanol–water partition coefficient (Wildman–Crippen LogP) is 4.51. The minimum Gasteiger partial charge on any atom is -0.497 e. The number of benzene rings is 2. The number of nitriles is 1. The van der Waals surface area contributed by atoms with Crippen molar-refractivity contribution in [3.63, 3.8) is 0 Å². The summed E-state index contributed by atoms with van der Waals surface area (Å²) in [4.78, 5) is 25.9. The monoisotopic (exact) mass is 458 g/mol. The van der Waals surface area contributed by atoms with Crippen molar-refractivity contribution in [2.75, 3.05) is 13.7 Å². The lowest BCUT2D eigenvalue weighted by molar-refractivity contribution is -0.162. The van der Waals surface area contributed by atoms with Crippen LogP contribution in [0.3, 0.4) is 0 Å². The van der Waals surface area contributed by atoms with E-state index in [2.05, 4.69) is 0 Å². The minimum atomic E-state index is -4.58. The number of carbonyl (C=O) groups excluding carboxylic acids is 1. The molecule has 0 radical (unpaired) electrons. The Hall–Kier alpha value is -3.80. The number of fused-ring (bicyclic) bond motifs is 1. The van der Waals surface area contributed by atoms with Crippen molar-refractivity contribution in [1.29, 1.82) is 5.26 Å². The van der Waals surface area contributed by atoms with Gasteiger partial charge in [-0.05, 0) is 48.7 Å². The Labute approximate surface area is 187 Å². The first-order valence-corrected chi connectivity index (χ1v) is 10.0. The molecule has 3 aromatic rings. The second-order valence-electron chi connectivity index (χ2n) is 7.53. The van der Waals surface area contributed by atoms with E-state index in [4.69, 9.17) is 14.4 Å². The molecule has 9 heteroatoms. The predicted molar refractivity (Wildman–Crippen MR) is 115 cm³/mol. The number of nitrogens with zero attached hydrogens (tertiary/aromatic N) is 2. The molecule has 0 bridgehead atoms. The molecule has 0 N–H and O–H groups in total. The van der Waals surface area contributed by atoms with Crippen LogP contribution in [0.15, 0.2) is 51.7 Å². The van der Waals surface area contributed by atoms with Crippen LogP contribution in [0, 0.1) is 18.3 Å². The Balaban J connectivity index is 1.81. The lowest BCUT2D eigenvalue weighted by Crippen LogP contribution is -2.38. The standard InChI is InChI=1S/C24H21F3N2O4/c1-15-19-8-7-18(32-2)11-21(19)33-23(31)20(15)9-10-22(30)29(14-24(25,26)27)13-17-5-3-16(12-28)4-6-17/h3-8,11H,9-10,13-14H2,1-2H3. The number of halogens is 3. The average molecular weight is 458 g/mol. The van der Waals surface area contributed by atoms with Gasteiger partial charge in [-0.2, -0.15) is 18.4 Å². The first-order chi connectivity index (χ1) is 15.6. The highest BCUT2D eigenvalue weighted by molar-refractivity contribution is 5.82. The molecule has 0 atom stereocenters. The van der Waals surface area contributed by atoms with Gasteiger partial charge in [0.15, 0.2) is 0 Å². The summed E-state index contributed by atoms with van der Waals surface area (Å²) in [6.45, 7) is 0.0157. The molecular formula is C24H21F3N2O4. The largest absolute Gasteiger partial charge is 0.497 e. The highest BCUT2D eigenvalue weighted by Gasteiger charge is 2.33. The Bertz CT molecular complexity index is 1260. The highest BCUT2D eigenvalue weighted by atomic mass is 19.4. The van der Waals surface area contributed by atoms with Gasteiger partial charge in [0.25, 0.3) is 0 Å². The van der Waals surface area contributed by atoms with Crippen LogP contribution in [0.1, 0.15) is 28.7 Å². The molecule has 172 valence electrons. The van der Waals surface area contributed by atoms with Crippen LogP contribution in [0.2, 0.25) is 0 Å². The number of hydrogen-bond acceptors (Lipinski definition) is 5. The van der Waals surface area contributed by atoms with Gasteiger partial charge in [0, 0.05) is 30.0 Å². The molecule has 0 fully saturated rings. The third kappa shape index (κ3) is 5.92. The van der Waals surface area contributed by atoms with Crippen LogP contribution >= 0.6 is 0 Å². The van der Waals surface area contributed by atoms with Crippen molar-refractivity contribution >= 4 is 16.9 Å². The molecule has 0 spiro atoms. The molecule has 0 aliphatic rings. The van der Waals surface area contributed by atoms with Crippen molar-refractivity contribution in [3.8, 4) is 11.8 Å². The zero-order chi connectivity index (χ0) is 24.2. The third-order valence-electron chi connectivity index (χ3n) is 5.26. The van der Waals surface area contributed by atoms with Crippen LogP contribution in [0.25, 0.3) is 11.0 Å². The van der Waals surface area contributed by atoms with Gasteiger partial charge in [-0.15, -0.1) is 0 Å². The molecule has 0 aliphatic heterocycles. The minimum absolute atomic E-state index is 0.0588. The molecular weight excluding hydrogens is 437 g/mol. The quantitative estimate of drug-likeness (QED) is 0.487. The zero-order valence-electron chi connectivity index (χ0n) is 18.0. The summed E-state index contributed by atoms with van der Waals surface area (Å²) in [7, 11) is 1.48. The smallest absolute Gasteiger partial charge is 0.406 e. The van der Waals surface area contributed by atoms with Crippen LogP contribution < -0.4 is 10.4 Å². The number of aryl methyl sites for hydroxylation is 1. The summed E-state index contributed by atoms with van der Waals surface area (Å²) in [6.07, 6.45) is -4.93. The molecule has 1 heterocycles. The van der Waals surface area contributed by atoms with E-state index < -0.39 is 24.3 Å². The van der Waals surface area contributed by atoms with Crippen molar-refractivity contribution < 1.29 is 27.1 Å². The van der Waals surface area contributed by atoms with Gasteiger partial charge < -0.3 is 14.1 Å². The summed E-state index contributed by atoms with van der Waals surface area (Å²) in [5.74, 6) is -0.233. The lowest BCUT2D eigenvalue weighted by Gasteiger charge is -2.24. The number of rotatable bonds is 7. The number of carbonyl (C=O) groups is 1. The van der Waals surface area contributed by atoms with Crippen LogP contribution in [-0.4, -0.2) is 30.6 Å². The molecule has 0 saturated heterocycles. The fraction of sp³-hybridized carbons (Fsp3) is 0.292. The van der Waals surface area contributed by atoms with E-state index >= 15 is 0 Å². The second kappa shape index (κ2) is 9.77. The number of ether oxygens (including phenoxy) is 1. The Morgan fingerprint density at radius 3 is 2.48 bits per heavy atom. The van der Waals surface area contributed by atoms with E-state index in [1.807, 2.05) is 6.07 Å². The number of amides is 1. The normalized spacial score (nSPS) is 11.3. The van der Waals surface area contributed by atoms with Gasteiger partial charge in [-0.1, -0.05) is 12.1 Å². The fourth-order valence-electron chi connectivity index (χ4n) is 3.53. The summed E-state index contributed by atoms with van der Waals surface area (Å²) in [5.41, 5.74) is 1.35.